The standard InChI is InChI=1S/2C16H32O2.Al.ClH/c2*1-2-3-4-5-6-7-8-9-10-11-12-13-14-15-16(17)18;;/h2*2-15H2,1H3,(H,17,18);;1H/q;;+3;/p-3. The molecule has 224 valence electrons. The van der Waals surface area contributed by atoms with Crippen molar-refractivity contribution in [3.63, 3.8) is 0 Å². The molecule has 0 spiro atoms. The average Bonchev–Trinajstić information content (AvgIpc) is 2.85. The summed E-state index contributed by atoms with van der Waals surface area (Å²) in [5, 5.41) is 20.4. The quantitative estimate of drug-likeness (QED) is 0.0969. The Labute approximate surface area is 254 Å². The van der Waals surface area contributed by atoms with Crippen LogP contribution in [0.2, 0.25) is 0 Å². The van der Waals surface area contributed by atoms with Crippen LogP contribution in [-0.2, 0) is 9.59 Å². The van der Waals surface area contributed by atoms with E-state index < -0.39 is 11.9 Å². The van der Waals surface area contributed by atoms with Crippen LogP contribution in [-0.4, -0.2) is 29.3 Å². The van der Waals surface area contributed by atoms with Crippen LogP contribution in [0.25, 0.3) is 0 Å². The van der Waals surface area contributed by atoms with Gasteiger partial charge in [-0.2, -0.15) is 0 Å². The molecule has 38 heavy (non-hydrogen) atoms. The second-order valence-electron chi connectivity index (χ2n) is 10.7. The van der Waals surface area contributed by atoms with Gasteiger partial charge >= 0.3 is 17.4 Å². The molecule has 0 bridgehead atoms. The predicted molar refractivity (Wildman–Crippen MR) is 156 cm³/mol. The van der Waals surface area contributed by atoms with Crippen LogP contribution in [0.5, 0.6) is 0 Å². The molecular weight excluding hydrogens is 511 g/mol. The van der Waals surface area contributed by atoms with Crippen molar-refractivity contribution >= 4 is 29.3 Å². The summed E-state index contributed by atoms with van der Waals surface area (Å²) in [4.78, 5) is 20.4. The van der Waals surface area contributed by atoms with Crippen LogP contribution in [0.3, 0.4) is 0 Å². The van der Waals surface area contributed by atoms with Crippen LogP contribution >= 0.6 is 0 Å². The molecule has 0 fully saturated rings. The summed E-state index contributed by atoms with van der Waals surface area (Å²) in [6, 6.07) is 0. The van der Waals surface area contributed by atoms with Crippen molar-refractivity contribution in [1.82, 2.24) is 0 Å². The first kappa shape index (κ1) is 44.8. The molecule has 0 saturated carbocycles. The fraction of sp³-hybridized carbons (Fsp3) is 0.938. The number of halogens is 1. The van der Waals surface area contributed by atoms with Gasteiger partial charge in [0.1, 0.15) is 0 Å². The Balaban J connectivity index is -0.000000289. The summed E-state index contributed by atoms with van der Waals surface area (Å²) in [7, 11) is 0. The molecule has 0 N–H and O–H groups in total. The van der Waals surface area contributed by atoms with Crippen molar-refractivity contribution in [3.05, 3.63) is 0 Å². The molecule has 0 saturated heterocycles. The Hall–Kier alpha value is -0.238. The summed E-state index contributed by atoms with van der Waals surface area (Å²) in [5.74, 6) is -1.81. The SMILES string of the molecule is CCCCCCCCCCCCCCCC(=O)[O-].CCCCCCCCCCCCCCCC(=O)[O-].[Al+3].[Cl-]. The Morgan fingerprint density at radius 3 is 0.684 bits per heavy atom. The average molecular weight is 573 g/mol. The minimum Gasteiger partial charge on any atom is -1.00 e. The molecule has 0 aliphatic heterocycles. The van der Waals surface area contributed by atoms with Crippen LogP contribution < -0.4 is 22.6 Å². The normalized spacial score (nSPS) is 10.2. The third-order valence-corrected chi connectivity index (χ3v) is 6.97. The van der Waals surface area contributed by atoms with Crippen molar-refractivity contribution in [2.45, 2.75) is 194 Å². The summed E-state index contributed by atoms with van der Waals surface area (Å²) in [5.41, 5.74) is 0. The van der Waals surface area contributed by atoms with Gasteiger partial charge in [-0.05, 0) is 25.7 Å². The van der Waals surface area contributed by atoms with E-state index in [9.17, 15) is 19.8 Å². The Morgan fingerprint density at radius 1 is 0.368 bits per heavy atom. The van der Waals surface area contributed by atoms with E-state index in [1.807, 2.05) is 0 Å². The first-order valence-electron chi connectivity index (χ1n) is 15.9. The van der Waals surface area contributed by atoms with Crippen molar-refractivity contribution in [3.8, 4) is 0 Å². The van der Waals surface area contributed by atoms with Gasteiger partial charge in [0.15, 0.2) is 0 Å². The van der Waals surface area contributed by atoms with E-state index >= 15 is 0 Å². The van der Waals surface area contributed by atoms with Crippen molar-refractivity contribution in [2.24, 2.45) is 0 Å². The molecule has 0 unspecified atom stereocenters. The number of carbonyl (C=O) groups excluding carboxylic acids is 2. The number of unbranched alkanes of at least 4 members (excludes halogenated alkanes) is 24. The van der Waals surface area contributed by atoms with Crippen LogP contribution in [0.4, 0.5) is 0 Å². The van der Waals surface area contributed by atoms with Gasteiger partial charge in [0, 0.05) is 11.9 Å². The number of hydrogen-bond donors (Lipinski definition) is 0. The van der Waals surface area contributed by atoms with Crippen molar-refractivity contribution in [2.75, 3.05) is 0 Å². The summed E-state index contributed by atoms with van der Waals surface area (Å²) in [6.45, 7) is 4.51. The van der Waals surface area contributed by atoms with Gasteiger partial charge < -0.3 is 32.2 Å². The van der Waals surface area contributed by atoms with Crippen LogP contribution in [0, 0.1) is 0 Å². The zero-order valence-electron chi connectivity index (χ0n) is 25.4. The van der Waals surface area contributed by atoms with Crippen molar-refractivity contribution in [1.29, 1.82) is 0 Å². The first-order chi connectivity index (χ1) is 17.5. The second-order valence-corrected chi connectivity index (χ2v) is 10.7. The van der Waals surface area contributed by atoms with Gasteiger partial charge in [-0.25, -0.2) is 0 Å². The molecule has 4 nitrogen and oxygen atoms in total. The van der Waals surface area contributed by atoms with E-state index in [4.69, 9.17) is 0 Å². The molecule has 0 atom stereocenters. The number of hydrogen-bond acceptors (Lipinski definition) is 4. The molecule has 0 radical (unpaired) electrons. The monoisotopic (exact) mass is 572 g/mol. The van der Waals surface area contributed by atoms with E-state index in [1.54, 1.807) is 0 Å². The molecule has 0 aliphatic carbocycles. The number of rotatable bonds is 28. The topological polar surface area (TPSA) is 80.3 Å². The minimum atomic E-state index is -0.905. The number of carbonyl (C=O) groups is 2. The molecule has 6 heteroatoms. The molecule has 0 aromatic heterocycles. The van der Waals surface area contributed by atoms with E-state index in [0.29, 0.717) is 0 Å². The smallest absolute Gasteiger partial charge is 1.00 e. The summed E-state index contributed by atoms with van der Waals surface area (Å²) < 4.78 is 0. The number of aliphatic carboxylic acids is 2. The van der Waals surface area contributed by atoms with Gasteiger partial charge in [-0.15, -0.1) is 0 Å². The van der Waals surface area contributed by atoms with E-state index in [-0.39, 0.29) is 42.6 Å². The van der Waals surface area contributed by atoms with Crippen molar-refractivity contribution < 1.29 is 32.2 Å². The largest absolute Gasteiger partial charge is 3.00 e. The molecule has 0 aromatic rings. The molecule has 0 aromatic carbocycles. The Morgan fingerprint density at radius 2 is 0.526 bits per heavy atom. The van der Waals surface area contributed by atoms with E-state index in [0.717, 1.165) is 25.7 Å². The maximum absolute atomic E-state index is 10.2. The fourth-order valence-electron chi connectivity index (χ4n) is 4.57. The third-order valence-electron chi connectivity index (χ3n) is 6.97. The van der Waals surface area contributed by atoms with E-state index in [2.05, 4.69) is 13.8 Å². The molecule has 0 amide bonds. The van der Waals surface area contributed by atoms with Gasteiger partial charge in [0.2, 0.25) is 0 Å². The maximum atomic E-state index is 10.2. The maximum Gasteiger partial charge on any atom is 3.00 e. The van der Waals surface area contributed by atoms with Gasteiger partial charge in [-0.3, -0.25) is 0 Å². The zero-order chi connectivity index (χ0) is 27.0. The predicted octanol–water partition coefficient (Wildman–Crippen LogP) is 5.06. The van der Waals surface area contributed by atoms with Gasteiger partial charge in [-0.1, -0.05) is 168 Å². The second kappa shape index (κ2) is 41.2. The first-order valence-corrected chi connectivity index (χ1v) is 15.9. The molecule has 0 heterocycles. The third kappa shape index (κ3) is 48.8. The molecule has 0 rings (SSSR count). The fourth-order valence-corrected chi connectivity index (χ4v) is 4.57. The van der Waals surface area contributed by atoms with E-state index in [1.165, 1.54) is 141 Å². The summed E-state index contributed by atoms with van der Waals surface area (Å²) >= 11 is 0. The minimum absolute atomic E-state index is 0. The van der Waals surface area contributed by atoms with Gasteiger partial charge in [0.05, 0.1) is 0 Å². The number of carboxylic acid groups (broad SMARTS) is 2. The Bertz CT molecular complexity index is 409. The van der Waals surface area contributed by atoms with Gasteiger partial charge in [0.25, 0.3) is 0 Å². The summed E-state index contributed by atoms with van der Waals surface area (Å²) in [6.07, 6.45) is 33.9. The van der Waals surface area contributed by atoms with Crippen LogP contribution in [0.1, 0.15) is 194 Å². The zero-order valence-corrected chi connectivity index (χ0v) is 27.3. The Kier molecular flexibility index (Phi) is 48.6. The molecule has 0 aliphatic rings. The van der Waals surface area contributed by atoms with Crippen LogP contribution in [0.15, 0.2) is 0 Å². The number of carboxylic acids is 2. The molecular formula is C32H62AlClO4.